The Hall–Kier alpha value is -2.93. The summed E-state index contributed by atoms with van der Waals surface area (Å²) in [7, 11) is 0. The van der Waals surface area contributed by atoms with Crippen molar-refractivity contribution in [3.63, 3.8) is 0 Å². The molecule has 2 aromatic carbocycles. The fourth-order valence-electron chi connectivity index (χ4n) is 2.21. The molecule has 5 nitrogen and oxygen atoms in total. The Balaban J connectivity index is 1.91. The van der Waals surface area contributed by atoms with E-state index in [1.54, 1.807) is 18.2 Å². The van der Waals surface area contributed by atoms with Gasteiger partial charge in [-0.2, -0.15) is 0 Å². The van der Waals surface area contributed by atoms with Gasteiger partial charge in [-0.15, -0.1) is 0 Å². The Morgan fingerprint density at radius 3 is 2.32 bits per heavy atom. The van der Waals surface area contributed by atoms with Crippen LogP contribution < -0.4 is 16.4 Å². The summed E-state index contributed by atoms with van der Waals surface area (Å²) < 4.78 is 27.1. The molecule has 0 aliphatic heterocycles. The summed E-state index contributed by atoms with van der Waals surface area (Å²) in [4.78, 5) is 8.08. The fraction of sp³-hybridized carbons (Fsp3) is 0.0588. The van der Waals surface area contributed by atoms with Gasteiger partial charge in [-0.25, -0.2) is 18.7 Å². The fourth-order valence-corrected chi connectivity index (χ4v) is 2.44. The van der Waals surface area contributed by atoms with Crippen LogP contribution in [-0.4, -0.2) is 9.97 Å². The molecule has 0 radical (unpaired) electrons. The average molecular weight is 362 g/mol. The highest BCUT2D eigenvalue weighted by Crippen LogP contribution is 2.30. The van der Waals surface area contributed by atoms with Crippen molar-refractivity contribution in [2.75, 3.05) is 16.4 Å². The number of nitrogen functional groups attached to an aromatic ring is 1. The molecule has 4 N–H and O–H groups in total. The van der Waals surface area contributed by atoms with Crippen molar-refractivity contribution in [2.24, 2.45) is 0 Å². The lowest BCUT2D eigenvalue weighted by Crippen LogP contribution is -2.06. The Morgan fingerprint density at radius 2 is 1.64 bits per heavy atom. The number of hydrogen-bond acceptors (Lipinski definition) is 5. The summed E-state index contributed by atoms with van der Waals surface area (Å²) in [5.41, 5.74) is 7.81. The molecule has 3 rings (SSSR count). The van der Waals surface area contributed by atoms with E-state index < -0.39 is 11.6 Å². The van der Waals surface area contributed by atoms with Gasteiger partial charge in [0.1, 0.15) is 23.6 Å². The van der Waals surface area contributed by atoms with Crippen LogP contribution in [0.15, 0.2) is 42.7 Å². The van der Waals surface area contributed by atoms with Crippen LogP contribution in [0, 0.1) is 18.6 Å². The van der Waals surface area contributed by atoms with Gasteiger partial charge in [0.05, 0.1) is 5.69 Å². The third kappa shape index (κ3) is 3.77. The van der Waals surface area contributed by atoms with Crippen LogP contribution in [0.2, 0.25) is 5.02 Å². The second-order valence-corrected chi connectivity index (χ2v) is 5.75. The molecule has 0 amide bonds. The standard InChI is InChI=1S/C17H14ClF2N5/c1-9-6-10(18)2-5-13(9)24-16-15(21)17(23-8-22-16)25-14-7-11(19)3-4-12(14)20/h2-8H,21H2,1H3,(H2,22,23,24,25). The van der Waals surface area contributed by atoms with Crippen molar-refractivity contribution in [1.82, 2.24) is 9.97 Å². The molecule has 0 saturated heterocycles. The number of nitrogens with two attached hydrogens (primary N) is 1. The van der Waals surface area contributed by atoms with Crippen molar-refractivity contribution in [1.29, 1.82) is 0 Å². The van der Waals surface area contributed by atoms with Gasteiger partial charge < -0.3 is 16.4 Å². The minimum Gasteiger partial charge on any atom is -0.393 e. The molecule has 8 heteroatoms. The van der Waals surface area contributed by atoms with Gasteiger partial charge in [-0.3, -0.25) is 0 Å². The molecule has 1 heterocycles. The largest absolute Gasteiger partial charge is 0.393 e. The van der Waals surface area contributed by atoms with E-state index >= 15 is 0 Å². The number of benzene rings is 2. The van der Waals surface area contributed by atoms with Crippen LogP contribution in [0.1, 0.15) is 5.56 Å². The Labute approximate surface area is 147 Å². The quantitative estimate of drug-likeness (QED) is 0.623. The van der Waals surface area contributed by atoms with Crippen LogP contribution in [0.3, 0.4) is 0 Å². The van der Waals surface area contributed by atoms with Crippen LogP contribution >= 0.6 is 11.6 Å². The molecule has 0 unspecified atom stereocenters. The third-order valence-electron chi connectivity index (χ3n) is 3.51. The van der Waals surface area contributed by atoms with E-state index in [2.05, 4.69) is 20.6 Å². The lowest BCUT2D eigenvalue weighted by molar-refractivity contribution is 0.603. The summed E-state index contributed by atoms with van der Waals surface area (Å²) in [6, 6.07) is 8.38. The normalized spacial score (nSPS) is 10.6. The predicted octanol–water partition coefficient (Wildman–Crippen LogP) is 4.79. The van der Waals surface area contributed by atoms with Gasteiger partial charge in [0.2, 0.25) is 0 Å². The smallest absolute Gasteiger partial charge is 0.159 e. The van der Waals surface area contributed by atoms with E-state index in [9.17, 15) is 8.78 Å². The lowest BCUT2D eigenvalue weighted by Gasteiger charge is -2.14. The highest BCUT2D eigenvalue weighted by molar-refractivity contribution is 6.30. The molecule has 0 aliphatic rings. The maximum Gasteiger partial charge on any atom is 0.159 e. The first-order valence-corrected chi connectivity index (χ1v) is 7.67. The molecule has 128 valence electrons. The van der Waals surface area contributed by atoms with E-state index in [0.29, 0.717) is 10.8 Å². The first-order chi connectivity index (χ1) is 11.9. The predicted molar refractivity (Wildman–Crippen MR) is 95.6 cm³/mol. The Bertz CT molecular complexity index is 933. The molecule has 1 aromatic heterocycles. The minimum absolute atomic E-state index is 0.0703. The number of nitrogens with zero attached hydrogens (tertiary/aromatic N) is 2. The molecule has 25 heavy (non-hydrogen) atoms. The number of rotatable bonds is 4. The maximum absolute atomic E-state index is 13.8. The number of aryl methyl sites for hydroxylation is 1. The van der Waals surface area contributed by atoms with Crippen molar-refractivity contribution in [2.45, 2.75) is 6.92 Å². The van der Waals surface area contributed by atoms with Crippen molar-refractivity contribution >= 4 is 40.3 Å². The summed E-state index contributed by atoms with van der Waals surface area (Å²) >= 11 is 5.94. The summed E-state index contributed by atoms with van der Waals surface area (Å²) in [6.07, 6.45) is 1.27. The highest BCUT2D eigenvalue weighted by atomic mass is 35.5. The second-order valence-electron chi connectivity index (χ2n) is 5.32. The van der Waals surface area contributed by atoms with E-state index in [1.807, 2.05) is 6.92 Å². The zero-order valence-electron chi connectivity index (χ0n) is 13.1. The van der Waals surface area contributed by atoms with Crippen LogP contribution in [0.4, 0.5) is 37.5 Å². The molecule has 0 spiro atoms. The summed E-state index contributed by atoms with van der Waals surface area (Å²) in [5.74, 6) is -0.706. The Morgan fingerprint density at radius 1 is 0.960 bits per heavy atom. The van der Waals surface area contributed by atoms with Crippen molar-refractivity contribution in [3.8, 4) is 0 Å². The number of anilines is 5. The van der Waals surface area contributed by atoms with Gasteiger partial charge in [0.25, 0.3) is 0 Å². The van der Waals surface area contributed by atoms with E-state index in [-0.39, 0.29) is 17.2 Å². The van der Waals surface area contributed by atoms with Gasteiger partial charge in [0.15, 0.2) is 11.6 Å². The molecule has 0 fully saturated rings. The molecule has 0 aliphatic carbocycles. The van der Waals surface area contributed by atoms with Crippen LogP contribution in [0.25, 0.3) is 0 Å². The summed E-state index contributed by atoms with van der Waals surface area (Å²) in [5, 5.41) is 6.37. The van der Waals surface area contributed by atoms with Gasteiger partial charge >= 0.3 is 0 Å². The zero-order chi connectivity index (χ0) is 18.0. The molecule has 0 bridgehead atoms. The van der Waals surface area contributed by atoms with Crippen molar-refractivity contribution < 1.29 is 8.78 Å². The van der Waals surface area contributed by atoms with Crippen LogP contribution in [0.5, 0.6) is 0 Å². The minimum atomic E-state index is -0.623. The zero-order valence-corrected chi connectivity index (χ0v) is 13.9. The molecular formula is C17H14ClF2N5. The topological polar surface area (TPSA) is 75.9 Å². The molecule has 0 atom stereocenters. The Kier molecular flexibility index (Phi) is 4.67. The monoisotopic (exact) mass is 361 g/mol. The maximum atomic E-state index is 13.8. The van der Waals surface area contributed by atoms with E-state index in [0.717, 1.165) is 29.4 Å². The van der Waals surface area contributed by atoms with Crippen LogP contribution in [-0.2, 0) is 0 Å². The van der Waals surface area contributed by atoms with Gasteiger partial charge in [-0.1, -0.05) is 11.6 Å². The highest BCUT2D eigenvalue weighted by Gasteiger charge is 2.12. The van der Waals surface area contributed by atoms with Crippen molar-refractivity contribution in [3.05, 3.63) is 64.9 Å². The first-order valence-electron chi connectivity index (χ1n) is 7.30. The van der Waals surface area contributed by atoms with E-state index in [4.69, 9.17) is 17.3 Å². The third-order valence-corrected chi connectivity index (χ3v) is 3.74. The number of aromatic nitrogens is 2. The number of hydrogen-bond donors (Lipinski definition) is 3. The lowest BCUT2D eigenvalue weighted by atomic mass is 10.2. The summed E-state index contributed by atoms with van der Waals surface area (Å²) in [6.45, 7) is 1.88. The van der Waals surface area contributed by atoms with E-state index in [1.165, 1.54) is 6.33 Å². The number of halogens is 3. The molecular weight excluding hydrogens is 348 g/mol. The molecule has 0 saturated carbocycles. The number of nitrogens with one attached hydrogen (secondary N) is 2. The molecule has 3 aromatic rings. The van der Waals surface area contributed by atoms with Gasteiger partial charge in [0, 0.05) is 16.8 Å². The SMILES string of the molecule is Cc1cc(Cl)ccc1Nc1ncnc(Nc2cc(F)ccc2F)c1N. The van der Waals surface area contributed by atoms with Gasteiger partial charge in [-0.05, 0) is 42.8 Å². The average Bonchev–Trinajstić information content (AvgIpc) is 2.57. The second kappa shape index (κ2) is 6.90. The first kappa shape index (κ1) is 16.9.